The monoisotopic (exact) mass is 410 g/mol. The Balaban J connectivity index is 0.00000242. The number of H-pyrrole nitrogens is 1. The average molecular weight is 410 g/mol. The van der Waals surface area contributed by atoms with Crippen LogP contribution < -0.4 is 10.6 Å². The molecule has 3 N–H and O–H groups in total. The lowest BCUT2D eigenvalue weighted by Gasteiger charge is -2.08. The van der Waals surface area contributed by atoms with Gasteiger partial charge in [0.15, 0.2) is 5.96 Å². The van der Waals surface area contributed by atoms with Crippen molar-refractivity contribution in [3.05, 3.63) is 35.5 Å². The van der Waals surface area contributed by atoms with Crippen molar-refractivity contribution in [3.8, 4) is 12.3 Å². The fourth-order valence-electron chi connectivity index (χ4n) is 2.41. The zero-order valence-corrected chi connectivity index (χ0v) is 15.4. The molecule has 118 valence electrons. The third-order valence-electron chi connectivity index (χ3n) is 3.36. The van der Waals surface area contributed by atoms with Crippen LogP contribution in [0, 0.1) is 19.3 Å². The van der Waals surface area contributed by atoms with E-state index < -0.39 is 0 Å². The molecule has 0 aliphatic carbocycles. The standard InChI is InChI=1S/C17H22N4.HI/c1-4-11-19-17(18-5-2)20-12-10-14-13(3)21-16-9-7-6-8-15(14)16;/h1,6-9,21H,5,10-12H2,2-3H3,(H2,18,19,20);1H. The number of hydrogen-bond donors (Lipinski definition) is 3. The lowest BCUT2D eigenvalue weighted by Crippen LogP contribution is -2.37. The number of para-hydroxylation sites is 1. The van der Waals surface area contributed by atoms with Gasteiger partial charge in [0.2, 0.25) is 0 Å². The number of hydrogen-bond acceptors (Lipinski definition) is 1. The van der Waals surface area contributed by atoms with E-state index in [0.717, 1.165) is 25.5 Å². The Labute approximate surface area is 149 Å². The van der Waals surface area contributed by atoms with E-state index in [1.807, 2.05) is 13.0 Å². The minimum absolute atomic E-state index is 0. The number of terminal acetylenes is 1. The summed E-state index contributed by atoms with van der Waals surface area (Å²) in [5, 5.41) is 7.57. The van der Waals surface area contributed by atoms with Crippen LogP contribution in [0.4, 0.5) is 0 Å². The van der Waals surface area contributed by atoms with Crippen LogP contribution in [-0.4, -0.2) is 30.6 Å². The number of aryl methyl sites for hydroxylation is 1. The molecule has 0 aliphatic heterocycles. The van der Waals surface area contributed by atoms with Crippen molar-refractivity contribution >= 4 is 40.8 Å². The molecule has 22 heavy (non-hydrogen) atoms. The summed E-state index contributed by atoms with van der Waals surface area (Å²) in [6.45, 7) is 6.18. The molecule has 5 heteroatoms. The van der Waals surface area contributed by atoms with Crippen molar-refractivity contribution < 1.29 is 0 Å². The predicted octanol–water partition coefficient (Wildman–Crippen LogP) is 2.83. The normalized spacial score (nSPS) is 10.9. The Bertz CT molecular complexity index is 667. The highest BCUT2D eigenvalue weighted by molar-refractivity contribution is 14.0. The molecule has 0 bridgehead atoms. The number of nitrogens with one attached hydrogen (secondary N) is 3. The molecule has 0 aliphatic rings. The van der Waals surface area contributed by atoms with Crippen LogP contribution in [0.3, 0.4) is 0 Å². The van der Waals surface area contributed by atoms with Gasteiger partial charge in [-0.3, -0.25) is 4.99 Å². The molecule has 0 radical (unpaired) electrons. The molecule has 0 atom stereocenters. The van der Waals surface area contributed by atoms with Gasteiger partial charge in [0, 0.05) is 29.7 Å². The highest BCUT2D eigenvalue weighted by atomic mass is 127. The van der Waals surface area contributed by atoms with E-state index >= 15 is 0 Å². The largest absolute Gasteiger partial charge is 0.358 e. The molecule has 1 aromatic heterocycles. The maximum Gasteiger partial charge on any atom is 0.192 e. The summed E-state index contributed by atoms with van der Waals surface area (Å²) in [5.41, 5.74) is 3.74. The minimum Gasteiger partial charge on any atom is -0.358 e. The fraction of sp³-hybridized carbons (Fsp3) is 0.353. The lowest BCUT2D eigenvalue weighted by molar-refractivity contribution is 0.855. The maximum atomic E-state index is 5.26. The molecule has 0 amide bonds. The molecule has 4 nitrogen and oxygen atoms in total. The molecule has 0 fully saturated rings. The van der Waals surface area contributed by atoms with Gasteiger partial charge in [-0.1, -0.05) is 24.1 Å². The van der Waals surface area contributed by atoms with Crippen molar-refractivity contribution in [3.63, 3.8) is 0 Å². The first-order valence-electron chi connectivity index (χ1n) is 7.28. The molecule has 2 aromatic rings. The molecular weight excluding hydrogens is 387 g/mol. The fourth-order valence-corrected chi connectivity index (χ4v) is 2.41. The van der Waals surface area contributed by atoms with Gasteiger partial charge in [-0.05, 0) is 31.9 Å². The summed E-state index contributed by atoms with van der Waals surface area (Å²) in [4.78, 5) is 7.98. The topological polar surface area (TPSA) is 52.2 Å². The Kier molecular flexibility index (Phi) is 7.82. The maximum absolute atomic E-state index is 5.26. The van der Waals surface area contributed by atoms with E-state index in [1.165, 1.54) is 22.2 Å². The Morgan fingerprint density at radius 2 is 2.09 bits per heavy atom. The third-order valence-corrected chi connectivity index (χ3v) is 3.36. The highest BCUT2D eigenvalue weighted by Gasteiger charge is 2.07. The van der Waals surface area contributed by atoms with Crippen molar-refractivity contribution in [2.24, 2.45) is 4.99 Å². The van der Waals surface area contributed by atoms with Gasteiger partial charge in [0.05, 0.1) is 6.54 Å². The molecule has 0 spiro atoms. The number of nitrogens with zero attached hydrogens (tertiary/aromatic N) is 1. The van der Waals surface area contributed by atoms with E-state index in [1.54, 1.807) is 0 Å². The lowest BCUT2D eigenvalue weighted by atomic mass is 10.1. The predicted molar refractivity (Wildman–Crippen MR) is 105 cm³/mol. The molecule has 0 saturated heterocycles. The quantitative estimate of drug-likeness (QED) is 0.307. The zero-order valence-electron chi connectivity index (χ0n) is 13.1. The van der Waals surface area contributed by atoms with Crippen molar-refractivity contribution in [1.29, 1.82) is 0 Å². The van der Waals surface area contributed by atoms with Gasteiger partial charge in [-0.15, -0.1) is 30.4 Å². The van der Waals surface area contributed by atoms with Crippen LogP contribution in [0.5, 0.6) is 0 Å². The number of fused-ring (bicyclic) bond motifs is 1. The average Bonchev–Trinajstić information content (AvgIpc) is 2.81. The van der Waals surface area contributed by atoms with Gasteiger partial charge in [-0.2, -0.15) is 0 Å². The SMILES string of the molecule is C#CCNC(=NCCc1c(C)[nH]c2ccccc12)NCC.I. The number of rotatable bonds is 5. The molecule has 1 aromatic carbocycles. The number of aliphatic imine (C=N–C) groups is 1. The zero-order chi connectivity index (χ0) is 15.1. The first-order chi connectivity index (χ1) is 10.3. The molecule has 1 heterocycles. The van der Waals surface area contributed by atoms with Gasteiger partial charge < -0.3 is 15.6 Å². The summed E-state index contributed by atoms with van der Waals surface area (Å²) in [5.74, 6) is 3.33. The van der Waals surface area contributed by atoms with Crippen LogP contribution in [0.1, 0.15) is 18.2 Å². The van der Waals surface area contributed by atoms with Crippen molar-refractivity contribution in [2.75, 3.05) is 19.6 Å². The summed E-state index contributed by atoms with van der Waals surface area (Å²) < 4.78 is 0. The van der Waals surface area contributed by atoms with Crippen LogP contribution in [-0.2, 0) is 6.42 Å². The second-order valence-corrected chi connectivity index (χ2v) is 4.84. The van der Waals surface area contributed by atoms with Gasteiger partial charge in [0.1, 0.15) is 0 Å². The number of aromatic nitrogens is 1. The Morgan fingerprint density at radius 3 is 2.82 bits per heavy atom. The summed E-state index contributed by atoms with van der Waals surface area (Å²) in [6.07, 6.45) is 6.17. The number of aromatic amines is 1. The summed E-state index contributed by atoms with van der Waals surface area (Å²) >= 11 is 0. The smallest absolute Gasteiger partial charge is 0.192 e. The van der Waals surface area contributed by atoms with E-state index in [2.05, 4.69) is 51.7 Å². The Hall–Kier alpha value is -1.68. The molecule has 2 rings (SSSR count). The van der Waals surface area contributed by atoms with Gasteiger partial charge >= 0.3 is 0 Å². The summed E-state index contributed by atoms with van der Waals surface area (Å²) in [6, 6.07) is 8.38. The summed E-state index contributed by atoms with van der Waals surface area (Å²) in [7, 11) is 0. The van der Waals surface area contributed by atoms with Gasteiger partial charge in [-0.25, -0.2) is 0 Å². The molecule has 0 unspecified atom stereocenters. The van der Waals surface area contributed by atoms with E-state index in [-0.39, 0.29) is 24.0 Å². The number of guanidine groups is 1. The Morgan fingerprint density at radius 1 is 1.32 bits per heavy atom. The highest BCUT2D eigenvalue weighted by Crippen LogP contribution is 2.22. The van der Waals surface area contributed by atoms with Crippen LogP contribution >= 0.6 is 24.0 Å². The second kappa shape index (κ2) is 9.36. The minimum atomic E-state index is 0. The van der Waals surface area contributed by atoms with E-state index in [0.29, 0.717) is 6.54 Å². The number of halogens is 1. The molecule has 0 saturated carbocycles. The molecular formula is C17H23IN4. The van der Waals surface area contributed by atoms with Crippen LogP contribution in [0.15, 0.2) is 29.3 Å². The van der Waals surface area contributed by atoms with Crippen LogP contribution in [0.25, 0.3) is 10.9 Å². The second-order valence-electron chi connectivity index (χ2n) is 4.84. The number of benzene rings is 1. The van der Waals surface area contributed by atoms with Crippen molar-refractivity contribution in [1.82, 2.24) is 15.6 Å². The van der Waals surface area contributed by atoms with Crippen LogP contribution in [0.2, 0.25) is 0 Å². The van der Waals surface area contributed by atoms with E-state index in [9.17, 15) is 0 Å². The van der Waals surface area contributed by atoms with Gasteiger partial charge in [0.25, 0.3) is 0 Å². The van der Waals surface area contributed by atoms with Crippen molar-refractivity contribution in [2.45, 2.75) is 20.3 Å². The third kappa shape index (κ3) is 4.67. The first kappa shape index (κ1) is 18.4. The first-order valence-corrected chi connectivity index (χ1v) is 7.28. The van der Waals surface area contributed by atoms with E-state index in [4.69, 9.17) is 6.42 Å².